The Labute approximate surface area is 155 Å². The molecule has 0 amide bonds. The van der Waals surface area contributed by atoms with E-state index in [1.165, 1.54) is 11.3 Å². The summed E-state index contributed by atoms with van der Waals surface area (Å²) in [6.07, 6.45) is -2.50. The number of rotatable bonds is 6. The van der Waals surface area contributed by atoms with E-state index in [9.17, 15) is 23.3 Å². The summed E-state index contributed by atoms with van der Waals surface area (Å²) in [6.45, 7) is 0.289. The zero-order chi connectivity index (χ0) is 19.4. The number of nitrogens with one attached hydrogen (secondary N) is 1. The quantitative estimate of drug-likeness (QED) is 0.480. The minimum absolute atomic E-state index is 0.0354. The van der Waals surface area contributed by atoms with E-state index in [2.05, 4.69) is 15.3 Å². The van der Waals surface area contributed by atoms with Crippen LogP contribution in [0, 0.1) is 10.1 Å². The summed E-state index contributed by atoms with van der Waals surface area (Å²) in [5, 5.41) is 16.5. The molecule has 140 valence electrons. The van der Waals surface area contributed by atoms with Crippen LogP contribution in [0.4, 0.5) is 24.5 Å². The highest BCUT2D eigenvalue weighted by Crippen LogP contribution is 2.35. The van der Waals surface area contributed by atoms with Gasteiger partial charge in [-0.15, -0.1) is 11.3 Å². The molecule has 0 aliphatic heterocycles. The van der Waals surface area contributed by atoms with Gasteiger partial charge < -0.3 is 5.32 Å². The average molecular weight is 394 g/mol. The number of nitrogens with zero attached hydrogens (tertiary/aromatic N) is 3. The maximum absolute atomic E-state index is 12.7. The Balaban J connectivity index is 1.67. The molecule has 0 aliphatic carbocycles. The van der Waals surface area contributed by atoms with Gasteiger partial charge in [-0.05, 0) is 24.3 Å². The Kier molecular flexibility index (Phi) is 5.36. The van der Waals surface area contributed by atoms with Gasteiger partial charge in [-0.25, -0.2) is 4.98 Å². The highest BCUT2D eigenvalue weighted by atomic mass is 32.1. The minimum Gasteiger partial charge on any atom is -0.379 e. The number of alkyl halides is 3. The molecule has 0 unspecified atom stereocenters. The van der Waals surface area contributed by atoms with Crippen LogP contribution in [0.5, 0.6) is 0 Å². The van der Waals surface area contributed by atoms with Gasteiger partial charge in [0.25, 0.3) is 5.69 Å². The highest BCUT2D eigenvalue weighted by molar-refractivity contribution is 7.13. The van der Waals surface area contributed by atoms with Crippen molar-refractivity contribution in [2.24, 2.45) is 0 Å². The summed E-state index contributed by atoms with van der Waals surface area (Å²) in [5.41, 5.74) is -0.118. The third kappa shape index (κ3) is 4.59. The van der Waals surface area contributed by atoms with Gasteiger partial charge in [0.05, 0.1) is 21.9 Å². The second-order valence-electron chi connectivity index (χ2n) is 5.52. The third-order valence-electron chi connectivity index (χ3n) is 3.65. The van der Waals surface area contributed by atoms with Gasteiger partial charge in [-0.1, -0.05) is 6.07 Å². The molecule has 0 atom stereocenters. The summed E-state index contributed by atoms with van der Waals surface area (Å²) in [5.74, 6) is 0. The first-order valence-electron chi connectivity index (χ1n) is 7.80. The molecule has 10 heteroatoms. The molecule has 3 rings (SSSR count). The van der Waals surface area contributed by atoms with Crippen LogP contribution >= 0.6 is 11.3 Å². The van der Waals surface area contributed by atoms with Gasteiger partial charge in [0.15, 0.2) is 0 Å². The van der Waals surface area contributed by atoms with Gasteiger partial charge in [0, 0.05) is 30.6 Å². The van der Waals surface area contributed by atoms with Crippen molar-refractivity contribution in [2.75, 3.05) is 11.9 Å². The summed E-state index contributed by atoms with van der Waals surface area (Å²) in [6, 6.07) is 7.92. The summed E-state index contributed by atoms with van der Waals surface area (Å²) >= 11 is 1.43. The zero-order valence-electron chi connectivity index (χ0n) is 13.7. The smallest absolute Gasteiger partial charge is 0.379 e. The predicted octanol–water partition coefficient (Wildman–Crippen LogP) is 4.79. The molecule has 0 saturated carbocycles. The van der Waals surface area contributed by atoms with Gasteiger partial charge >= 0.3 is 6.18 Å². The Morgan fingerprint density at radius 2 is 2.04 bits per heavy atom. The Morgan fingerprint density at radius 1 is 1.22 bits per heavy atom. The zero-order valence-corrected chi connectivity index (χ0v) is 14.5. The number of anilines is 1. The van der Waals surface area contributed by atoms with Crippen molar-refractivity contribution >= 4 is 22.7 Å². The summed E-state index contributed by atoms with van der Waals surface area (Å²) < 4.78 is 38.2. The number of aromatic nitrogens is 2. The lowest BCUT2D eigenvalue weighted by atomic mass is 10.1. The van der Waals surface area contributed by atoms with Crippen molar-refractivity contribution in [3.63, 3.8) is 0 Å². The van der Waals surface area contributed by atoms with Gasteiger partial charge in [0.2, 0.25) is 0 Å². The van der Waals surface area contributed by atoms with Crippen molar-refractivity contribution in [3.05, 3.63) is 69.3 Å². The largest absolute Gasteiger partial charge is 0.416 e. The molecule has 0 radical (unpaired) electrons. The molecule has 0 bridgehead atoms. The first-order valence-corrected chi connectivity index (χ1v) is 8.68. The molecule has 0 spiro atoms. The first kappa shape index (κ1) is 18.8. The molecule has 1 N–H and O–H groups in total. The number of halogens is 3. The standard InChI is InChI=1S/C17H13F3N4O2S/c18-17(19,20)11-4-5-13(15(9-11)24(25)26)22-8-6-12-10-27-16(23-12)14-3-1-2-7-21-14/h1-5,7,9-10,22H,6,8H2. The maximum Gasteiger partial charge on any atom is 0.416 e. The van der Waals surface area contributed by atoms with Crippen molar-refractivity contribution in [3.8, 4) is 10.7 Å². The van der Waals surface area contributed by atoms with E-state index in [-0.39, 0.29) is 12.2 Å². The third-order valence-corrected chi connectivity index (χ3v) is 4.57. The van der Waals surface area contributed by atoms with E-state index in [0.29, 0.717) is 12.5 Å². The number of pyridine rings is 1. The number of hydrogen-bond acceptors (Lipinski definition) is 6. The Hall–Kier alpha value is -3.01. The van der Waals surface area contributed by atoms with Crippen LogP contribution in [0.25, 0.3) is 10.7 Å². The molecule has 2 aromatic heterocycles. The van der Waals surface area contributed by atoms with Gasteiger partial charge in [0.1, 0.15) is 10.7 Å². The van der Waals surface area contributed by atoms with Crippen molar-refractivity contribution in [1.82, 2.24) is 9.97 Å². The molecule has 6 nitrogen and oxygen atoms in total. The Morgan fingerprint density at radius 3 is 2.70 bits per heavy atom. The fourth-order valence-corrected chi connectivity index (χ4v) is 3.19. The molecular weight excluding hydrogens is 381 g/mol. The number of hydrogen-bond donors (Lipinski definition) is 1. The van der Waals surface area contributed by atoms with E-state index in [4.69, 9.17) is 0 Å². The van der Waals surface area contributed by atoms with Crippen LogP contribution in [-0.2, 0) is 12.6 Å². The van der Waals surface area contributed by atoms with Crippen LogP contribution in [0.15, 0.2) is 48.0 Å². The van der Waals surface area contributed by atoms with E-state index >= 15 is 0 Å². The molecule has 0 fully saturated rings. The molecule has 0 saturated heterocycles. The predicted molar refractivity (Wildman–Crippen MR) is 95.6 cm³/mol. The van der Waals surface area contributed by atoms with Crippen LogP contribution in [0.1, 0.15) is 11.3 Å². The lowest BCUT2D eigenvalue weighted by Gasteiger charge is -2.10. The Bertz CT molecular complexity index is 945. The summed E-state index contributed by atoms with van der Waals surface area (Å²) in [7, 11) is 0. The number of benzene rings is 1. The fraction of sp³-hybridized carbons (Fsp3) is 0.176. The average Bonchev–Trinajstić information content (AvgIpc) is 3.10. The van der Waals surface area contributed by atoms with Crippen LogP contribution < -0.4 is 5.32 Å². The van der Waals surface area contributed by atoms with Crippen molar-refractivity contribution < 1.29 is 18.1 Å². The maximum atomic E-state index is 12.7. The lowest BCUT2D eigenvalue weighted by Crippen LogP contribution is -2.10. The van der Waals surface area contributed by atoms with Crippen LogP contribution in [0.3, 0.4) is 0 Å². The fourth-order valence-electron chi connectivity index (χ4n) is 2.36. The van der Waals surface area contributed by atoms with Crippen LogP contribution in [-0.4, -0.2) is 21.4 Å². The summed E-state index contributed by atoms with van der Waals surface area (Å²) in [4.78, 5) is 18.9. The molecule has 27 heavy (non-hydrogen) atoms. The van der Waals surface area contributed by atoms with Crippen molar-refractivity contribution in [1.29, 1.82) is 0 Å². The van der Waals surface area contributed by atoms with E-state index in [1.54, 1.807) is 12.3 Å². The molecule has 3 aromatic rings. The molecular formula is C17H13F3N4O2S. The number of thiazole rings is 1. The monoisotopic (exact) mass is 394 g/mol. The second-order valence-corrected chi connectivity index (χ2v) is 6.38. The molecule has 0 aliphatic rings. The number of nitro benzene ring substituents is 1. The lowest BCUT2D eigenvalue weighted by molar-refractivity contribution is -0.384. The van der Waals surface area contributed by atoms with Gasteiger partial charge in [-0.2, -0.15) is 13.2 Å². The molecule has 1 aromatic carbocycles. The van der Waals surface area contributed by atoms with Crippen LogP contribution in [0.2, 0.25) is 0 Å². The number of nitro groups is 1. The van der Waals surface area contributed by atoms with E-state index < -0.39 is 22.4 Å². The van der Waals surface area contributed by atoms with E-state index in [0.717, 1.165) is 28.5 Å². The van der Waals surface area contributed by atoms with Crippen molar-refractivity contribution in [2.45, 2.75) is 12.6 Å². The second kappa shape index (κ2) is 7.70. The van der Waals surface area contributed by atoms with E-state index in [1.807, 2.05) is 17.5 Å². The topological polar surface area (TPSA) is 81.0 Å². The minimum atomic E-state index is -4.63. The molecule has 2 heterocycles. The highest BCUT2D eigenvalue weighted by Gasteiger charge is 2.33. The SMILES string of the molecule is O=[N+]([O-])c1cc(C(F)(F)F)ccc1NCCc1csc(-c2ccccn2)n1. The van der Waals surface area contributed by atoms with Gasteiger partial charge in [-0.3, -0.25) is 15.1 Å². The normalized spacial score (nSPS) is 11.4. The first-order chi connectivity index (χ1) is 12.8.